The van der Waals surface area contributed by atoms with Gasteiger partial charge in [-0.1, -0.05) is 90.1 Å². The summed E-state index contributed by atoms with van der Waals surface area (Å²) in [6.45, 7) is 12.0. The van der Waals surface area contributed by atoms with Crippen molar-refractivity contribution in [2.75, 3.05) is 27.3 Å². The zero-order chi connectivity index (χ0) is 44.8. The maximum atomic E-state index is 13.8. The van der Waals surface area contributed by atoms with Crippen LogP contribution in [0.25, 0.3) is 33.6 Å². The van der Waals surface area contributed by atoms with Gasteiger partial charge in [0, 0.05) is 37.1 Å². The van der Waals surface area contributed by atoms with E-state index in [9.17, 15) is 28.8 Å². The summed E-state index contributed by atoms with van der Waals surface area (Å²) in [7, 11) is 2.52. The Hall–Kier alpha value is -6.32. The summed E-state index contributed by atoms with van der Waals surface area (Å²) in [6.07, 6.45) is 5.15. The molecule has 0 aliphatic carbocycles. The maximum Gasteiger partial charge on any atom is 0.407 e. The second-order valence-electron chi connectivity index (χ2n) is 16.4. The number of nitrogens with one attached hydrogen (secondary N) is 2. The molecule has 4 atom stereocenters. The first-order valence-electron chi connectivity index (χ1n) is 21.5. The van der Waals surface area contributed by atoms with Crippen LogP contribution >= 0.6 is 0 Å². The number of alkyl carbamates (subject to hydrolysis) is 2. The molecule has 0 spiro atoms. The van der Waals surface area contributed by atoms with Crippen LogP contribution in [-0.4, -0.2) is 104 Å². The van der Waals surface area contributed by atoms with Crippen molar-refractivity contribution in [3.05, 3.63) is 72.6 Å². The van der Waals surface area contributed by atoms with Gasteiger partial charge in [-0.2, -0.15) is 0 Å². The molecule has 16 heteroatoms. The zero-order valence-electron chi connectivity index (χ0n) is 36.8. The molecule has 2 aromatic carbocycles. The summed E-state index contributed by atoms with van der Waals surface area (Å²) < 4.78 is 12.8. The van der Waals surface area contributed by atoms with Crippen LogP contribution in [0.4, 0.5) is 9.59 Å². The number of carbonyl (C=O) groups excluding carboxylic acids is 6. The van der Waals surface area contributed by atoms with Crippen LogP contribution in [0.5, 0.6) is 0 Å². The van der Waals surface area contributed by atoms with Gasteiger partial charge in [-0.15, -0.1) is 0 Å². The van der Waals surface area contributed by atoms with E-state index < -0.39 is 36.4 Å². The number of likely N-dealkylation sites (tertiary alicyclic amines) is 2. The van der Waals surface area contributed by atoms with Crippen LogP contribution in [0.3, 0.4) is 0 Å². The van der Waals surface area contributed by atoms with Crippen LogP contribution in [0.2, 0.25) is 0 Å². The minimum atomic E-state index is -0.796. The third-order valence-electron chi connectivity index (χ3n) is 11.8. The summed E-state index contributed by atoms with van der Waals surface area (Å²) in [5.41, 5.74) is 4.66. The van der Waals surface area contributed by atoms with Gasteiger partial charge in [-0.3, -0.25) is 28.3 Å². The van der Waals surface area contributed by atoms with Gasteiger partial charge in [-0.25, -0.2) is 19.6 Å². The highest BCUT2D eigenvalue weighted by Gasteiger charge is 2.41. The average Bonchev–Trinajstić information content (AvgIpc) is 4.12. The van der Waals surface area contributed by atoms with Crippen LogP contribution in [0, 0.1) is 11.8 Å². The van der Waals surface area contributed by atoms with Gasteiger partial charge in [0.25, 0.3) is 0 Å². The predicted molar refractivity (Wildman–Crippen MR) is 232 cm³/mol. The summed E-state index contributed by atoms with van der Waals surface area (Å²) in [4.78, 5) is 91.9. The van der Waals surface area contributed by atoms with Gasteiger partial charge in [0.15, 0.2) is 0 Å². The number of aromatic nitrogens is 4. The lowest BCUT2D eigenvalue weighted by Crippen LogP contribution is -2.51. The van der Waals surface area contributed by atoms with Crippen molar-refractivity contribution in [3.63, 3.8) is 0 Å². The number of rotatable bonds is 13. The Bertz CT molecular complexity index is 2120. The molecule has 16 nitrogen and oxygen atoms in total. The minimum Gasteiger partial charge on any atom is -0.453 e. The summed E-state index contributed by atoms with van der Waals surface area (Å²) in [5.74, 6) is -0.193. The summed E-state index contributed by atoms with van der Waals surface area (Å²) in [6, 6.07) is 13.2. The number of amides is 4. The fraction of sp³-hybridized carbons (Fsp3) is 0.478. The van der Waals surface area contributed by atoms with Gasteiger partial charge >= 0.3 is 12.2 Å². The first-order chi connectivity index (χ1) is 29.7. The van der Waals surface area contributed by atoms with E-state index in [0.29, 0.717) is 49.0 Å². The van der Waals surface area contributed by atoms with Gasteiger partial charge in [0.05, 0.1) is 50.1 Å². The largest absolute Gasteiger partial charge is 0.453 e. The zero-order valence-corrected chi connectivity index (χ0v) is 36.8. The Morgan fingerprint density at radius 3 is 1.24 bits per heavy atom. The van der Waals surface area contributed by atoms with Crippen LogP contribution in [0.1, 0.15) is 113 Å². The van der Waals surface area contributed by atoms with E-state index in [0.717, 1.165) is 35.1 Å². The molecule has 2 aromatic heterocycles. The number of benzene rings is 2. The van der Waals surface area contributed by atoms with Gasteiger partial charge in [0.2, 0.25) is 23.6 Å². The normalized spacial score (nSPS) is 17.3. The van der Waals surface area contributed by atoms with Crippen molar-refractivity contribution in [2.45, 2.75) is 104 Å². The lowest BCUT2D eigenvalue weighted by Gasteiger charge is -2.30. The lowest BCUT2D eigenvalue weighted by atomic mass is 10.0. The molecule has 2 saturated heterocycles. The van der Waals surface area contributed by atoms with Gasteiger partial charge in [0.1, 0.15) is 23.7 Å². The third-order valence-corrected chi connectivity index (χ3v) is 11.8. The summed E-state index contributed by atoms with van der Waals surface area (Å²) >= 11 is 0. The Labute approximate surface area is 362 Å². The highest BCUT2D eigenvalue weighted by Crippen LogP contribution is 2.37. The van der Waals surface area contributed by atoms with Crippen molar-refractivity contribution >= 4 is 35.8 Å². The van der Waals surface area contributed by atoms with E-state index in [1.165, 1.54) is 14.2 Å². The van der Waals surface area contributed by atoms with E-state index in [1.807, 2.05) is 76.2 Å². The first-order valence-corrected chi connectivity index (χ1v) is 21.5. The third kappa shape index (κ3) is 9.14. The monoisotopic (exact) mass is 850 g/mol. The van der Waals surface area contributed by atoms with Crippen LogP contribution in [-0.2, 0) is 19.1 Å². The number of ether oxygens (including phenoxy) is 2. The quantitative estimate of drug-likeness (QED) is 0.139. The molecular formula is C46H58N8O8. The van der Waals surface area contributed by atoms with Crippen molar-refractivity contribution < 1.29 is 38.2 Å². The molecule has 0 saturated carbocycles. The van der Waals surface area contributed by atoms with Crippen molar-refractivity contribution in [1.29, 1.82) is 0 Å². The molecule has 0 unspecified atom stereocenters. The van der Waals surface area contributed by atoms with Crippen LogP contribution < -0.4 is 10.6 Å². The van der Waals surface area contributed by atoms with E-state index in [2.05, 4.69) is 10.6 Å². The van der Waals surface area contributed by atoms with Gasteiger partial charge in [-0.05, 0) is 48.6 Å². The summed E-state index contributed by atoms with van der Waals surface area (Å²) in [5, 5.41) is 5.35. The molecule has 2 aliphatic heterocycles. The molecule has 4 heterocycles. The number of hydrogen-bond donors (Lipinski definition) is 2. The first kappa shape index (κ1) is 45.2. The second kappa shape index (κ2) is 19.6. The topological polar surface area (TPSA) is 187 Å². The van der Waals surface area contributed by atoms with E-state index in [-0.39, 0.29) is 48.3 Å². The molecule has 0 bridgehead atoms. The Morgan fingerprint density at radius 2 is 0.935 bits per heavy atom. The smallest absolute Gasteiger partial charge is 0.407 e. The number of nitrogens with zero attached hydrogens (tertiary/aromatic N) is 6. The molecule has 4 aromatic rings. The Morgan fingerprint density at radius 1 is 0.597 bits per heavy atom. The highest BCUT2D eigenvalue weighted by atomic mass is 16.5. The van der Waals surface area contributed by atoms with E-state index >= 15 is 0 Å². The standard InChI is InChI=1S/C46H58N8O8/c1-9-37(55)53-35(25-47-41(53)33-13-11-23-51(33)43(57)39(27(3)4)49-45(59)61-7)31-19-15-29(16-20-31)30-17-21-32(22-18-30)36-26-48-42(54(36)38(56)10-2)34-14-12-24-52(34)44(58)40(28(5)6)50-46(60)62-8/h15-22,25-28,33-34,39-40H,9-14,23-24H2,1-8H3,(H,49,59)(H,50,60)/t33-,34-,39+,40+/m1/s1. The predicted octanol–water partition coefficient (Wildman–Crippen LogP) is 7.27. The minimum absolute atomic E-state index is 0.147. The molecular weight excluding hydrogens is 793 g/mol. The molecule has 62 heavy (non-hydrogen) atoms. The van der Waals surface area contributed by atoms with Crippen molar-refractivity contribution in [2.24, 2.45) is 11.8 Å². The number of hydrogen-bond acceptors (Lipinski definition) is 10. The van der Waals surface area contributed by atoms with Crippen LogP contribution in [0.15, 0.2) is 60.9 Å². The number of imidazole rings is 2. The lowest BCUT2D eigenvalue weighted by molar-refractivity contribution is -0.136. The molecule has 4 amide bonds. The Kier molecular flexibility index (Phi) is 14.3. The second-order valence-corrected chi connectivity index (χ2v) is 16.4. The number of carbonyl (C=O) groups is 6. The Balaban J connectivity index is 1.25. The highest BCUT2D eigenvalue weighted by molar-refractivity contribution is 5.89. The molecule has 330 valence electrons. The molecule has 2 fully saturated rings. The van der Waals surface area contributed by atoms with Crippen molar-refractivity contribution in [1.82, 2.24) is 39.5 Å². The fourth-order valence-electron chi connectivity index (χ4n) is 8.47. The fourth-order valence-corrected chi connectivity index (χ4v) is 8.47. The molecule has 0 radical (unpaired) electrons. The van der Waals surface area contributed by atoms with E-state index in [1.54, 1.807) is 45.2 Å². The SMILES string of the molecule is CCC(=O)n1c(-c2ccc(-c3ccc(-c4cnc([C@H]5CCCN5C(=O)[C@@H](NC(=O)OC)C(C)C)n4C(=O)CC)cc3)cc2)cnc1[C@H]1CCCN1C(=O)[C@@H](NC(=O)OC)C(C)C. The molecule has 2 aliphatic rings. The number of methoxy groups -OCH3 is 2. The average molecular weight is 851 g/mol. The van der Waals surface area contributed by atoms with E-state index in [4.69, 9.17) is 19.4 Å². The van der Waals surface area contributed by atoms with Gasteiger partial charge < -0.3 is 29.9 Å². The molecule has 6 rings (SSSR count). The maximum absolute atomic E-state index is 13.8. The molecule has 2 N–H and O–H groups in total. The van der Waals surface area contributed by atoms with Crippen molar-refractivity contribution in [3.8, 4) is 33.6 Å².